The summed E-state index contributed by atoms with van der Waals surface area (Å²) in [5.41, 5.74) is 0. The summed E-state index contributed by atoms with van der Waals surface area (Å²) in [7, 11) is 2.95. The lowest BCUT2D eigenvalue weighted by Gasteiger charge is -2.40. The molecule has 7 N–H and O–H groups in total. The number of ether oxygens (including phenoxy) is 1. The Hall–Kier alpha value is -1.30. The van der Waals surface area contributed by atoms with Gasteiger partial charge in [0.15, 0.2) is 6.23 Å². The third-order valence-electron chi connectivity index (χ3n) is 3.50. The Bertz CT molecular complexity index is 393. The molecular formula is C12H23N3O7. The first-order chi connectivity index (χ1) is 10.3. The van der Waals surface area contributed by atoms with Gasteiger partial charge in [0.2, 0.25) is 11.8 Å². The molecule has 0 bridgehead atoms. The zero-order chi connectivity index (χ0) is 16.9. The number of likely N-dealkylation sites (N-methyl/N-ethyl adjacent to an activating group) is 2. The van der Waals surface area contributed by atoms with Gasteiger partial charge >= 0.3 is 0 Å². The van der Waals surface area contributed by atoms with Crippen molar-refractivity contribution < 1.29 is 34.8 Å². The minimum absolute atomic E-state index is 0.217. The van der Waals surface area contributed by atoms with E-state index in [1.54, 1.807) is 0 Å². The van der Waals surface area contributed by atoms with Crippen molar-refractivity contribution in [2.45, 2.75) is 43.1 Å². The highest BCUT2D eigenvalue weighted by atomic mass is 16.6. The molecule has 10 heteroatoms. The predicted octanol–water partition coefficient (Wildman–Crippen LogP) is -4.37. The molecular weight excluding hydrogens is 298 g/mol. The van der Waals surface area contributed by atoms with Gasteiger partial charge in [0.25, 0.3) is 0 Å². The first kappa shape index (κ1) is 18.7. The Labute approximate surface area is 127 Å². The number of aliphatic hydroxyl groups excluding tert-OH is 4. The van der Waals surface area contributed by atoms with Crippen molar-refractivity contribution in [3.05, 3.63) is 0 Å². The molecule has 1 aliphatic rings. The summed E-state index contributed by atoms with van der Waals surface area (Å²) >= 11 is 0. The van der Waals surface area contributed by atoms with Crippen LogP contribution in [0.3, 0.4) is 0 Å². The molecule has 128 valence electrons. The second-order valence-electron chi connectivity index (χ2n) is 4.98. The van der Waals surface area contributed by atoms with Gasteiger partial charge in [-0.05, 0) is 7.05 Å². The summed E-state index contributed by atoms with van der Waals surface area (Å²) in [6.07, 6.45) is -7.26. The molecule has 3 unspecified atom stereocenters. The Morgan fingerprint density at radius 1 is 1.14 bits per heavy atom. The van der Waals surface area contributed by atoms with Crippen molar-refractivity contribution in [3.63, 3.8) is 0 Å². The molecule has 1 aliphatic heterocycles. The van der Waals surface area contributed by atoms with Gasteiger partial charge in [-0.3, -0.25) is 9.59 Å². The SMILES string of the molecule is CNC(=O)C(CC(=O)N[C@@H]1OC(CO)[C@H](O)[C@H](O)C1O)NC. The van der Waals surface area contributed by atoms with Gasteiger partial charge in [-0.25, -0.2) is 0 Å². The Morgan fingerprint density at radius 3 is 2.27 bits per heavy atom. The Kier molecular flexibility index (Phi) is 7.13. The van der Waals surface area contributed by atoms with Gasteiger partial charge < -0.3 is 41.1 Å². The highest BCUT2D eigenvalue weighted by Crippen LogP contribution is 2.19. The quantitative estimate of drug-likeness (QED) is 0.258. The number of amides is 2. The maximum Gasteiger partial charge on any atom is 0.237 e. The molecule has 0 radical (unpaired) electrons. The molecule has 22 heavy (non-hydrogen) atoms. The molecule has 0 aromatic carbocycles. The van der Waals surface area contributed by atoms with E-state index in [9.17, 15) is 24.9 Å². The zero-order valence-corrected chi connectivity index (χ0v) is 12.4. The smallest absolute Gasteiger partial charge is 0.237 e. The number of carbonyl (C=O) groups is 2. The number of nitrogens with one attached hydrogen (secondary N) is 3. The van der Waals surface area contributed by atoms with Crippen molar-refractivity contribution in [2.75, 3.05) is 20.7 Å². The summed E-state index contributed by atoms with van der Waals surface area (Å²) in [5.74, 6) is -0.987. The van der Waals surface area contributed by atoms with E-state index in [2.05, 4.69) is 16.0 Å². The Morgan fingerprint density at radius 2 is 1.77 bits per heavy atom. The van der Waals surface area contributed by atoms with Crippen LogP contribution in [0, 0.1) is 0 Å². The summed E-state index contributed by atoms with van der Waals surface area (Å²) in [4.78, 5) is 23.4. The fraction of sp³-hybridized carbons (Fsp3) is 0.833. The van der Waals surface area contributed by atoms with Gasteiger partial charge in [-0.2, -0.15) is 0 Å². The highest BCUT2D eigenvalue weighted by Gasteiger charge is 2.44. The number of rotatable bonds is 6. The van der Waals surface area contributed by atoms with Crippen LogP contribution in [-0.4, -0.2) is 89.6 Å². The predicted molar refractivity (Wildman–Crippen MR) is 73.4 cm³/mol. The third kappa shape index (κ3) is 4.35. The average molecular weight is 321 g/mol. The fourth-order valence-electron chi connectivity index (χ4n) is 2.12. The highest BCUT2D eigenvalue weighted by molar-refractivity contribution is 5.88. The summed E-state index contributed by atoms with van der Waals surface area (Å²) in [6, 6.07) is -0.769. The van der Waals surface area contributed by atoms with E-state index in [1.807, 2.05) is 0 Å². The molecule has 10 nitrogen and oxygen atoms in total. The summed E-state index contributed by atoms with van der Waals surface area (Å²) in [6.45, 7) is -0.589. The standard InChI is InChI=1S/C12H23N3O7/c1-13-5(11(21)14-2)3-7(17)15-12-10(20)9(19)8(18)6(4-16)22-12/h5-6,8-10,12-13,16,18-20H,3-4H2,1-2H3,(H,14,21)(H,15,17)/t5?,6?,8-,9-,10?,12+/m0/s1. The van der Waals surface area contributed by atoms with Crippen LogP contribution in [0.4, 0.5) is 0 Å². The third-order valence-corrected chi connectivity index (χ3v) is 3.50. The van der Waals surface area contributed by atoms with Crippen LogP contribution in [0.15, 0.2) is 0 Å². The van der Waals surface area contributed by atoms with Gasteiger partial charge in [0, 0.05) is 7.05 Å². The maximum atomic E-state index is 11.9. The van der Waals surface area contributed by atoms with Gasteiger partial charge in [-0.1, -0.05) is 0 Å². The first-order valence-corrected chi connectivity index (χ1v) is 6.84. The maximum absolute atomic E-state index is 11.9. The first-order valence-electron chi connectivity index (χ1n) is 6.84. The van der Waals surface area contributed by atoms with Crippen LogP contribution >= 0.6 is 0 Å². The van der Waals surface area contributed by atoms with Crippen LogP contribution in [0.2, 0.25) is 0 Å². The van der Waals surface area contributed by atoms with E-state index >= 15 is 0 Å². The second kappa shape index (κ2) is 8.36. The zero-order valence-electron chi connectivity index (χ0n) is 12.4. The molecule has 0 saturated carbocycles. The molecule has 1 saturated heterocycles. The molecule has 0 aromatic rings. The van der Waals surface area contributed by atoms with E-state index in [0.717, 1.165) is 0 Å². The largest absolute Gasteiger partial charge is 0.394 e. The lowest BCUT2D eigenvalue weighted by atomic mass is 9.98. The minimum atomic E-state index is -1.57. The number of aliphatic hydroxyl groups is 4. The van der Waals surface area contributed by atoms with Crippen molar-refractivity contribution in [3.8, 4) is 0 Å². The molecule has 0 aliphatic carbocycles. The Balaban J connectivity index is 2.64. The van der Waals surface area contributed by atoms with E-state index in [0.29, 0.717) is 0 Å². The van der Waals surface area contributed by atoms with Crippen LogP contribution in [-0.2, 0) is 14.3 Å². The van der Waals surface area contributed by atoms with Gasteiger partial charge in [0.05, 0.1) is 19.1 Å². The number of carbonyl (C=O) groups excluding carboxylic acids is 2. The lowest BCUT2D eigenvalue weighted by molar-refractivity contribution is -0.236. The van der Waals surface area contributed by atoms with E-state index < -0.39 is 49.2 Å². The van der Waals surface area contributed by atoms with Crippen molar-refractivity contribution in [1.29, 1.82) is 0 Å². The molecule has 6 atom stereocenters. The molecule has 1 heterocycles. The minimum Gasteiger partial charge on any atom is -0.394 e. The van der Waals surface area contributed by atoms with Crippen molar-refractivity contribution in [2.24, 2.45) is 0 Å². The summed E-state index contributed by atoms with van der Waals surface area (Å²) < 4.78 is 5.14. The van der Waals surface area contributed by atoms with Crippen LogP contribution < -0.4 is 16.0 Å². The second-order valence-corrected chi connectivity index (χ2v) is 4.98. The van der Waals surface area contributed by atoms with Crippen molar-refractivity contribution >= 4 is 11.8 Å². The van der Waals surface area contributed by atoms with Gasteiger partial charge in [0.1, 0.15) is 24.4 Å². The van der Waals surface area contributed by atoms with Crippen LogP contribution in [0.5, 0.6) is 0 Å². The van der Waals surface area contributed by atoms with E-state index in [1.165, 1.54) is 14.1 Å². The molecule has 2 amide bonds. The van der Waals surface area contributed by atoms with E-state index in [-0.39, 0.29) is 12.3 Å². The normalized spacial score (nSPS) is 33.1. The number of hydrogen-bond donors (Lipinski definition) is 7. The molecule has 1 fully saturated rings. The fourth-order valence-corrected chi connectivity index (χ4v) is 2.12. The van der Waals surface area contributed by atoms with Crippen LogP contribution in [0.1, 0.15) is 6.42 Å². The average Bonchev–Trinajstić information content (AvgIpc) is 2.52. The van der Waals surface area contributed by atoms with Gasteiger partial charge in [-0.15, -0.1) is 0 Å². The number of hydrogen-bond acceptors (Lipinski definition) is 8. The molecule has 0 spiro atoms. The monoisotopic (exact) mass is 321 g/mol. The summed E-state index contributed by atoms with van der Waals surface area (Å²) in [5, 5.41) is 45.5. The van der Waals surface area contributed by atoms with Crippen molar-refractivity contribution in [1.82, 2.24) is 16.0 Å². The lowest BCUT2D eigenvalue weighted by Crippen LogP contribution is -2.63. The molecule has 0 aromatic heterocycles. The molecule has 1 rings (SSSR count). The van der Waals surface area contributed by atoms with E-state index in [4.69, 9.17) is 9.84 Å². The van der Waals surface area contributed by atoms with Crippen LogP contribution in [0.25, 0.3) is 0 Å². The topological polar surface area (TPSA) is 160 Å².